The minimum Gasteiger partial charge on any atom is -0.464 e. The maximum atomic E-state index is 12.4. The topological polar surface area (TPSA) is 77.5 Å². The van der Waals surface area contributed by atoms with Gasteiger partial charge in [0.05, 0.1) is 19.8 Å². The standard InChI is InChI=1S/C29H36N2O6S/c1-29(2,3)37-28(33)31-12-10-20(11-13-31)27-35-19-22-18-21(4-7-24(22)36-27)25-8-5-23(38-25)6-9-26(32)30-14-16-34-17-15-30/h4-9,18,20,27H,10-17,19H2,1-3H3/b9-6+. The highest BCUT2D eigenvalue weighted by Crippen LogP contribution is 2.37. The number of amides is 2. The number of hydrogen-bond donors (Lipinski definition) is 0. The van der Waals surface area contributed by atoms with Crippen LogP contribution in [0.3, 0.4) is 0 Å². The molecule has 1 atom stereocenters. The zero-order chi connectivity index (χ0) is 26.7. The summed E-state index contributed by atoms with van der Waals surface area (Å²) in [6.07, 6.45) is 4.60. The molecule has 2 aromatic rings. The summed E-state index contributed by atoms with van der Waals surface area (Å²) in [6.45, 7) is 9.91. The van der Waals surface area contributed by atoms with Crippen molar-refractivity contribution in [2.24, 2.45) is 5.92 Å². The Kier molecular flexibility index (Phi) is 8.07. The van der Waals surface area contributed by atoms with E-state index in [0.29, 0.717) is 46.0 Å². The molecule has 3 aliphatic heterocycles. The van der Waals surface area contributed by atoms with E-state index in [4.69, 9.17) is 18.9 Å². The Bertz CT molecular complexity index is 1170. The predicted molar refractivity (Wildman–Crippen MR) is 146 cm³/mol. The quantitative estimate of drug-likeness (QED) is 0.498. The van der Waals surface area contributed by atoms with E-state index in [1.165, 1.54) is 0 Å². The number of carbonyl (C=O) groups excluding carboxylic acids is 2. The first-order valence-corrected chi connectivity index (χ1v) is 14.1. The Hall–Kier alpha value is -2.88. The van der Waals surface area contributed by atoms with Crippen molar-refractivity contribution in [1.29, 1.82) is 0 Å². The van der Waals surface area contributed by atoms with Crippen LogP contribution in [0.2, 0.25) is 0 Å². The summed E-state index contributed by atoms with van der Waals surface area (Å²) in [7, 11) is 0. The lowest BCUT2D eigenvalue weighted by Crippen LogP contribution is -2.45. The molecular weight excluding hydrogens is 504 g/mol. The normalized spacial score (nSPS) is 20.8. The number of carbonyl (C=O) groups is 2. The van der Waals surface area contributed by atoms with Gasteiger partial charge < -0.3 is 28.7 Å². The van der Waals surface area contributed by atoms with Crippen molar-refractivity contribution < 1.29 is 28.5 Å². The van der Waals surface area contributed by atoms with Crippen LogP contribution in [0.4, 0.5) is 4.79 Å². The Morgan fingerprint density at radius 1 is 1.03 bits per heavy atom. The third kappa shape index (κ3) is 6.57. The van der Waals surface area contributed by atoms with E-state index in [2.05, 4.69) is 18.2 Å². The lowest BCUT2D eigenvalue weighted by molar-refractivity contribution is -0.149. The van der Waals surface area contributed by atoms with Crippen LogP contribution < -0.4 is 4.74 Å². The SMILES string of the molecule is CC(C)(C)OC(=O)N1CCC(C2OCc3cc(-c4ccc(/C=C/C(=O)N5CCOCC5)s4)ccc3O2)CC1. The van der Waals surface area contributed by atoms with Gasteiger partial charge in [-0.1, -0.05) is 0 Å². The van der Waals surface area contributed by atoms with Crippen LogP contribution in [-0.4, -0.2) is 73.1 Å². The first-order valence-electron chi connectivity index (χ1n) is 13.3. The predicted octanol–water partition coefficient (Wildman–Crippen LogP) is 5.17. The van der Waals surface area contributed by atoms with Gasteiger partial charge in [0, 0.05) is 53.5 Å². The van der Waals surface area contributed by atoms with Crippen LogP contribution in [0.1, 0.15) is 44.1 Å². The number of hydrogen-bond acceptors (Lipinski definition) is 7. The highest BCUT2D eigenvalue weighted by Gasteiger charge is 2.34. The van der Waals surface area contributed by atoms with E-state index in [1.807, 2.05) is 43.9 Å². The van der Waals surface area contributed by atoms with Crippen molar-refractivity contribution in [1.82, 2.24) is 9.80 Å². The second-order valence-electron chi connectivity index (χ2n) is 10.9. The second kappa shape index (κ2) is 11.5. The smallest absolute Gasteiger partial charge is 0.410 e. The van der Waals surface area contributed by atoms with Crippen molar-refractivity contribution in [2.75, 3.05) is 39.4 Å². The number of benzene rings is 1. The third-order valence-electron chi connectivity index (χ3n) is 6.91. The van der Waals surface area contributed by atoms with E-state index in [9.17, 15) is 9.59 Å². The van der Waals surface area contributed by atoms with Crippen LogP contribution >= 0.6 is 11.3 Å². The molecule has 0 N–H and O–H groups in total. The van der Waals surface area contributed by atoms with E-state index in [0.717, 1.165) is 39.5 Å². The average molecular weight is 541 g/mol. The number of likely N-dealkylation sites (tertiary alicyclic amines) is 1. The summed E-state index contributed by atoms with van der Waals surface area (Å²) in [5, 5.41) is 0. The summed E-state index contributed by atoms with van der Waals surface area (Å²) in [5.41, 5.74) is 1.64. The van der Waals surface area contributed by atoms with Crippen LogP contribution in [0, 0.1) is 5.92 Å². The molecule has 0 bridgehead atoms. The number of nitrogens with zero attached hydrogens (tertiary/aromatic N) is 2. The first kappa shape index (κ1) is 26.7. The monoisotopic (exact) mass is 540 g/mol. The molecule has 0 aliphatic carbocycles. The molecule has 0 spiro atoms. The van der Waals surface area contributed by atoms with Gasteiger partial charge in [0.25, 0.3) is 0 Å². The summed E-state index contributed by atoms with van der Waals surface area (Å²) in [4.78, 5) is 30.5. The molecule has 38 heavy (non-hydrogen) atoms. The molecule has 204 valence electrons. The Morgan fingerprint density at radius 2 is 1.79 bits per heavy atom. The van der Waals surface area contributed by atoms with E-state index < -0.39 is 5.60 Å². The van der Waals surface area contributed by atoms with Crippen molar-refractivity contribution in [3.63, 3.8) is 0 Å². The summed E-state index contributed by atoms with van der Waals surface area (Å²) < 4.78 is 23.2. The molecule has 3 aliphatic rings. The lowest BCUT2D eigenvalue weighted by Gasteiger charge is -2.38. The lowest BCUT2D eigenvalue weighted by atomic mass is 9.95. The van der Waals surface area contributed by atoms with Gasteiger partial charge in [0.15, 0.2) is 0 Å². The molecule has 2 saturated heterocycles. The molecule has 0 saturated carbocycles. The summed E-state index contributed by atoms with van der Waals surface area (Å²) in [5.74, 6) is 1.11. The van der Waals surface area contributed by atoms with Gasteiger partial charge in [-0.05, 0) is 75.6 Å². The van der Waals surface area contributed by atoms with Gasteiger partial charge in [-0.25, -0.2) is 4.79 Å². The van der Waals surface area contributed by atoms with Gasteiger partial charge in [0.2, 0.25) is 12.2 Å². The molecular formula is C29H36N2O6S. The summed E-state index contributed by atoms with van der Waals surface area (Å²) >= 11 is 1.65. The first-order chi connectivity index (χ1) is 18.2. The fourth-order valence-corrected chi connectivity index (χ4v) is 5.75. The van der Waals surface area contributed by atoms with Crippen molar-refractivity contribution in [3.05, 3.63) is 46.8 Å². The molecule has 4 heterocycles. The van der Waals surface area contributed by atoms with E-state index >= 15 is 0 Å². The average Bonchev–Trinajstić information content (AvgIpc) is 3.40. The van der Waals surface area contributed by atoms with Crippen molar-refractivity contribution >= 4 is 29.4 Å². The van der Waals surface area contributed by atoms with E-state index in [1.54, 1.807) is 22.3 Å². The van der Waals surface area contributed by atoms with Crippen LogP contribution in [-0.2, 0) is 25.6 Å². The minimum atomic E-state index is -0.491. The molecule has 1 aromatic heterocycles. The van der Waals surface area contributed by atoms with Gasteiger partial charge in [0.1, 0.15) is 11.4 Å². The molecule has 5 rings (SSSR count). The minimum absolute atomic E-state index is 0.0244. The van der Waals surface area contributed by atoms with Crippen LogP contribution in [0.15, 0.2) is 36.4 Å². The molecule has 0 radical (unpaired) electrons. The van der Waals surface area contributed by atoms with Gasteiger partial charge in [-0.15, -0.1) is 11.3 Å². The van der Waals surface area contributed by atoms with Crippen LogP contribution in [0.5, 0.6) is 5.75 Å². The maximum absolute atomic E-state index is 12.4. The molecule has 2 fully saturated rings. The van der Waals surface area contributed by atoms with Crippen molar-refractivity contribution in [2.45, 2.75) is 52.1 Å². The summed E-state index contributed by atoms with van der Waals surface area (Å²) in [6, 6.07) is 10.3. The number of fused-ring (bicyclic) bond motifs is 1. The second-order valence-corrected chi connectivity index (χ2v) is 12.0. The largest absolute Gasteiger partial charge is 0.464 e. The number of morpholine rings is 1. The molecule has 9 heteroatoms. The van der Waals surface area contributed by atoms with E-state index in [-0.39, 0.29) is 24.2 Å². The molecule has 1 unspecified atom stereocenters. The van der Waals surface area contributed by atoms with Gasteiger partial charge in [-0.2, -0.15) is 0 Å². The molecule has 2 amide bonds. The Balaban J connectivity index is 1.16. The number of ether oxygens (including phenoxy) is 4. The van der Waals surface area contributed by atoms with Crippen LogP contribution in [0.25, 0.3) is 16.5 Å². The van der Waals surface area contributed by atoms with Gasteiger partial charge >= 0.3 is 6.09 Å². The number of piperidine rings is 1. The zero-order valence-electron chi connectivity index (χ0n) is 22.3. The third-order valence-corrected chi connectivity index (χ3v) is 8.01. The highest BCUT2D eigenvalue weighted by atomic mass is 32.1. The van der Waals surface area contributed by atoms with Gasteiger partial charge in [-0.3, -0.25) is 4.79 Å². The fraction of sp³-hybridized carbons (Fsp3) is 0.517. The Morgan fingerprint density at radius 3 is 2.53 bits per heavy atom. The molecule has 1 aromatic carbocycles. The molecule has 8 nitrogen and oxygen atoms in total. The number of rotatable bonds is 4. The maximum Gasteiger partial charge on any atom is 0.410 e. The highest BCUT2D eigenvalue weighted by molar-refractivity contribution is 7.16. The Labute approximate surface area is 228 Å². The fourth-order valence-electron chi connectivity index (χ4n) is 4.84. The zero-order valence-corrected chi connectivity index (χ0v) is 23.1. The van der Waals surface area contributed by atoms with Crippen molar-refractivity contribution in [3.8, 4) is 16.2 Å². The number of thiophene rings is 1.